The number of benzene rings is 1. The number of aromatic nitrogens is 4. The van der Waals surface area contributed by atoms with E-state index in [1.165, 1.54) is 0 Å². The molecule has 3 aromatic rings. The summed E-state index contributed by atoms with van der Waals surface area (Å²) in [5.41, 5.74) is 5.38. The molecule has 1 aromatic carbocycles. The zero-order valence-corrected chi connectivity index (χ0v) is 13.4. The number of hydrogen-bond donors (Lipinski definition) is 2. The van der Waals surface area contributed by atoms with Crippen LogP contribution < -0.4 is 5.43 Å². The third-order valence-corrected chi connectivity index (χ3v) is 3.77. The van der Waals surface area contributed by atoms with Crippen molar-refractivity contribution >= 4 is 28.1 Å². The summed E-state index contributed by atoms with van der Waals surface area (Å²) >= 11 is 8.69. The van der Waals surface area contributed by atoms with Gasteiger partial charge in [-0.05, 0) is 42.0 Å². The van der Waals surface area contributed by atoms with Crippen LogP contribution >= 0.6 is 28.1 Å². The largest absolute Gasteiger partial charge is 0.317 e. The second-order valence-electron chi connectivity index (χ2n) is 4.39. The summed E-state index contributed by atoms with van der Waals surface area (Å²) in [6.07, 6.45) is 3.46. The average molecular weight is 362 g/mol. The molecule has 0 amide bonds. The van der Waals surface area contributed by atoms with Crippen molar-refractivity contribution in [2.45, 2.75) is 6.54 Å². The Balaban J connectivity index is 1.84. The highest BCUT2D eigenvalue weighted by Crippen LogP contribution is 2.15. The van der Waals surface area contributed by atoms with Crippen molar-refractivity contribution in [1.29, 1.82) is 0 Å². The Morgan fingerprint density at radius 3 is 2.57 bits per heavy atom. The first-order valence-electron chi connectivity index (χ1n) is 6.30. The molecule has 2 N–H and O–H groups in total. The van der Waals surface area contributed by atoms with Crippen molar-refractivity contribution < 1.29 is 0 Å². The Bertz CT molecular complexity index is 779. The fourth-order valence-corrected chi connectivity index (χ4v) is 2.37. The van der Waals surface area contributed by atoms with Crippen LogP contribution in [0.1, 0.15) is 5.56 Å². The molecule has 2 aromatic heterocycles. The summed E-state index contributed by atoms with van der Waals surface area (Å²) in [7, 11) is 0. The van der Waals surface area contributed by atoms with Crippen LogP contribution in [-0.4, -0.2) is 19.9 Å². The summed E-state index contributed by atoms with van der Waals surface area (Å²) in [4.78, 5) is 4.01. The van der Waals surface area contributed by atoms with E-state index < -0.39 is 0 Å². The number of rotatable bonds is 4. The number of aromatic amines is 1. The Labute approximate surface area is 135 Å². The Morgan fingerprint density at radius 2 is 1.86 bits per heavy atom. The Morgan fingerprint density at radius 1 is 1.14 bits per heavy atom. The number of H-pyrrole nitrogens is 1. The molecule has 0 aliphatic heterocycles. The molecule has 0 bridgehead atoms. The van der Waals surface area contributed by atoms with Crippen molar-refractivity contribution in [3.05, 3.63) is 63.6 Å². The average Bonchev–Trinajstić information content (AvgIpc) is 2.89. The number of halogens is 1. The molecule has 0 aliphatic carbocycles. The lowest BCUT2D eigenvalue weighted by atomic mass is 10.2. The number of nitrogens with one attached hydrogen (secondary N) is 2. The second-order valence-corrected chi connectivity index (χ2v) is 5.69. The van der Waals surface area contributed by atoms with E-state index in [1.807, 2.05) is 36.4 Å². The first kappa shape index (κ1) is 14.0. The van der Waals surface area contributed by atoms with Crippen LogP contribution in [0.5, 0.6) is 0 Å². The molecular weight excluding hydrogens is 350 g/mol. The monoisotopic (exact) mass is 361 g/mol. The highest BCUT2D eigenvalue weighted by molar-refractivity contribution is 9.10. The van der Waals surface area contributed by atoms with E-state index in [1.54, 1.807) is 17.1 Å². The molecule has 0 saturated heterocycles. The Hall–Kier alpha value is -1.99. The van der Waals surface area contributed by atoms with Crippen LogP contribution in [0.2, 0.25) is 0 Å². The van der Waals surface area contributed by atoms with Gasteiger partial charge < -0.3 is 5.43 Å². The molecule has 0 fully saturated rings. The van der Waals surface area contributed by atoms with Crippen LogP contribution in [0.3, 0.4) is 0 Å². The molecule has 0 saturated carbocycles. The summed E-state index contributed by atoms with van der Waals surface area (Å²) in [5, 5.41) is 7.07. The lowest BCUT2D eigenvalue weighted by Crippen LogP contribution is -2.15. The van der Waals surface area contributed by atoms with E-state index in [4.69, 9.17) is 12.2 Å². The summed E-state index contributed by atoms with van der Waals surface area (Å²) in [6, 6.07) is 11.9. The van der Waals surface area contributed by atoms with E-state index >= 15 is 0 Å². The zero-order chi connectivity index (χ0) is 14.7. The van der Waals surface area contributed by atoms with Crippen molar-refractivity contribution in [2.24, 2.45) is 0 Å². The van der Waals surface area contributed by atoms with Crippen molar-refractivity contribution in [2.75, 3.05) is 5.43 Å². The normalized spacial score (nSPS) is 10.5. The van der Waals surface area contributed by atoms with Crippen molar-refractivity contribution in [1.82, 2.24) is 19.9 Å². The fraction of sp³-hybridized carbons (Fsp3) is 0.0714. The highest BCUT2D eigenvalue weighted by Gasteiger charge is 2.08. The van der Waals surface area contributed by atoms with Gasteiger partial charge in [0.15, 0.2) is 5.82 Å². The van der Waals surface area contributed by atoms with Gasteiger partial charge in [-0.25, -0.2) is 9.77 Å². The first-order valence-corrected chi connectivity index (χ1v) is 7.50. The van der Waals surface area contributed by atoms with E-state index in [2.05, 4.69) is 36.5 Å². The lowest BCUT2D eigenvalue weighted by molar-refractivity contribution is 0.831. The molecular formula is C14H12BrN5S. The SMILES string of the molecule is S=c1[nH]nc(-c2ccncc2)n1NCc1ccc(Br)cc1. The van der Waals surface area contributed by atoms with Gasteiger partial charge in [0.05, 0.1) is 6.54 Å². The predicted molar refractivity (Wildman–Crippen MR) is 87.8 cm³/mol. The van der Waals surface area contributed by atoms with Gasteiger partial charge in [0.1, 0.15) is 0 Å². The van der Waals surface area contributed by atoms with Crippen LogP contribution in [0.4, 0.5) is 0 Å². The minimum atomic E-state index is 0.527. The minimum Gasteiger partial charge on any atom is -0.317 e. The molecule has 21 heavy (non-hydrogen) atoms. The van der Waals surface area contributed by atoms with Crippen LogP contribution in [0.15, 0.2) is 53.3 Å². The van der Waals surface area contributed by atoms with Gasteiger partial charge in [-0.15, -0.1) is 0 Å². The molecule has 0 spiro atoms. The van der Waals surface area contributed by atoms with Crippen molar-refractivity contribution in [3.8, 4) is 11.4 Å². The van der Waals surface area contributed by atoms with Gasteiger partial charge in [0.2, 0.25) is 4.77 Å². The van der Waals surface area contributed by atoms with Gasteiger partial charge in [-0.2, -0.15) is 5.10 Å². The maximum atomic E-state index is 5.27. The molecule has 5 nitrogen and oxygen atoms in total. The third kappa shape index (κ3) is 3.20. The maximum absolute atomic E-state index is 5.27. The molecule has 0 unspecified atom stereocenters. The molecule has 106 valence electrons. The molecule has 0 atom stereocenters. The Kier molecular flexibility index (Phi) is 4.12. The summed E-state index contributed by atoms with van der Waals surface area (Å²) in [5.74, 6) is 0.736. The summed E-state index contributed by atoms with van der Waals surface area (Å²) in [6.45, 7) is 0.652. The van der Waals surface area contributed by atoms with Gasteiger partial charge >= 0.3 is 0 Å². The van der Waals surface area contributed by atoms with Crippen LogP contribution in [0, 0.1) is 4.77 Å². The quantitative estimate of drug-likeness (QED) is 0.698. The van der Waals surface area contributed by atoms with E-state index in [9.17, 15) is 0 Å². The van der Waals surface area contributed by atoms with Crippen molar-refractivity contribution in [3.63, 3.8) is 0 Å². The number of pyridine rings is 1. The maximum Gasteiger partial charge on any atom is 0.214 e. The third-order valence-electron chi connectivity index (χ3n) is 2.97. The predicted octanol–water partition coefficient (Wildman–Crippen LogP) is 3.51. The second kappa shape index (κ2) is 6.19. The van der Waals surface area contributed by atoms with E-state index in [-0.39, 0.29) is 0 Å². The summed E-state index contributed by atoms with van der Waals surface area (Å²) < 4.78 is 3.36. The van der Waals surface area contributed by atoms with Gasteiger partial charge in [0, 0.05) is 22.4 Å². The topological polar surface area (TPSA) is 58.5 Å². The van der Waals surface area contributed by atoms with Gasteiger partial charge in [-0.3, -0.25) is 4.98 Å². The zero-order valence-electron chi connectivity index (χ0n) is 11.0. The van der Waals surface area contributed by atoms with E-state index in [0.29, 0.717) is 11.3 Å². The molecule has 7 heteroatoms. The molecule has 0 aliphatic rings. The van der Waals surface area contributed by atoms with Gasteiger partial charge in [-0.1, -0.05) is 28.1 Å². The highest BCUT2D eigenvalue weighted by atomic mass is 79.9. The fourth-order valence-electron chi connectivity index (χ4n) is 1.91. The smallest absolute Gasteiger partial charge is 0.214 e. The molecule has 3 rings (SSSR count). The first-order chi connectivity index (χ1) is 10.2. The molecule has 0 radical (unpaired) electrons. The molecule has 2 heterocycles. The van der Waals surface area contributed by atoms with Crippen LogP contribution in [-0.2, 0) is 6.54 Å². The van der Waals surface area contributed by atoms with E-state index in [0.717, 1.165) is 21.4 Å². The minimum absolute atomic E-state index is 0.527. The lowest BCUT2D eigenvalue weighted by Gasteiger charge is -2.10. The standard InChI is InChI=1S/C14H12BrN5S/c15-12-3-1-10(2-4-12)9-17-20-13(18-19-14(20)21)11-5-7-16-8-6-11/h1-8,17H,9H2,(H,19,21). The number of nitrogens with zero attached hydrogens (tertiary/aromatic N) is 3. The van der Waals surface area contributed by atoms with Gasteiger partial charge in [0.25, 0.3) is 0 Å². The number of hydrogen-bond acceptors (Lipinski definition) is 4. The van der Waals surface area contributed by atoms with Crippen LogP contribution in [0.25, 0.3) is 11.4 Å².